The van der Waals surface area contributed by atoms with E-state index in [0.29, 0.717) is 0 Å². The minimum absolute atomic E-state index is 0.194. The zero-order chi connectivity index (χ0) is 13.6. The molecule has 0 amide bonds. The molecule has 2 nitrogen and oxygen atoms in total. The van der Waals surface area contributed by atoms with Crippen LogP contribution in [0.5, 0.6) is 0 Å². The summed E-state index contributed by atoms with van der Waals surface area (Å²) in [4.78, 5) is 0. The average molecular weight is 264 g/mol. The zero-order valence-electron chi connectivity index (χ0n) is 11.3. The maximum absolute atomic E-state index is 6.33. The van der Waals surface area contributed by atoms with Crippen molar-refractivity contribution in [3.8, 4) is 0 Å². The van der Waals surface area contributed by atoms with E-state index in [0.717, 1.165) is 0 Å². The van der Waals surface area contributed by atoms with Crippen LogP contribution >= 0.6 is 0 Å². The SMILES string of the molecule is CC12OC=CC1C(c1ccccc1)(c1ccccc1)O2. The van der Waals surface area contributed by atoms with Crippen LogP contribution in [0.3, 0.4) is 0 Å². The number of hydrogen-bond acceptors (Lipinski definition) is 2. The molecule has 2 aromatic carbocycles. The molecule has 0 N–H and O–H groups in total. The lowest BCUT2D eigenvalue weighted by Crippen LogP contribution is -2.63. The van der Waals surface area contributed by atoms with Crippen LogP contribution in [0.15, 0.2) is 73.0 Å². The highest BCUT2D eigenvalue weighted by atomic mass is 16.7. The van der Waals surface area contributed by atoms with Crippen molar-refractivity contribution in [2.75, 3.05) is 0 Å². The molecular formula is C18H16O2. The molecule has 0 spiro atoms. The molecule has 1 fully saturated rings. The van der Waals surface area contributed by atoms with Crippen molar-refractivity contribution < 1.29 is 9.47 Å². The van der Waals surface area contributed by atoms with Crippen molar-refractivity contribution in [1.29, 1.82) is 0 Å². The fourth-order valence-electron chi connectivity index (χ4n) is 3.43. The highest BCUT2D eigenvalue weighted by Gasteiger charge is 2.66. The molecule has 2 heterocycles. The molecule has 2 atom stereocenters. The van der Waals surface area contributed by atoms with Gasteiger partial charge in [-0.15, -0.1) is 0 Å². The predicted octanol–water partition coefficient (Wildman–Crippen LogP) is 3.84. The van der Waals surface area contributed by atoms with Gasteiger partial charge in [-0.2, -0.15) is 0 Å². The van der Waals surface area contributed by atoms with Gasteiger partial charge >= 0.3 is 0 Å². The van der Waals surface area contributed by atoms with Gasteiger partial charge in [0.05, 0.1) is 12.2 Å². The van der Waals surface area contributed by atoms with E-state index >= 15 is 0 Å². The number of benzene rings is 2. The summed E-state index contributed by atoms with van der Waals surface area (Å²) in [7, 11) is 0. The minimum atomic E-state index is -0.536. The molecule has 0 radical (unpaired) electrons. The monoisotopic (exact) mass is 264 g/mol. The van der Waals surface area contributed by atoms with Crippen molar-refractivity contribution in [2.24, 2.45) is 5.92 Å². The maximum atomic E-state index is 6.33. The lowest BCUT2D eigenvalue weighted by atomic mass is 9.68. The van der Waals surface area contributed by atoms with Gasteiger partial charge in [0.15, 0.2) is 0 Å². The number of fused-ring (bicyclic) bond motifs is 1. The first-order valence-electron chi connectivity index (χ1n) is 6.91. The van der Waals surface area contributed by atoms with Crippen molar-refractivity contribution in [2.45, 2.75) is 18.3 Å². The number of hydrogen-bond donors (Lipinski definition) is 0. The van der Waals surface area contributed by atoms with Crippen molar-refractivity contribution in [3.05, 3.63) is 84.1 Å². The summed E-state index contributed by atoms with van der Waals surface area (Å²) in [6.07, 6.45) is 3.88. The summed E-state index contributed by atoms with van der Waals surface area (Å²) in [6.45, 7) is 2.00. The molecule has 2 aromatic rings. The van der Waals surface area contributed by atoms with Crippen LogP contribution in [0.1, 0.15) is 18.1 Å². The quantitative estimate of drug-likeness (QED) is 0.820. The minimum Gasteiger partial charge on any atom is -0.470 e. The summed E-state index contributed by atoms with van der Waals surface area (Å²) in [5.74, 6) is -0.342. The summed E-state index contributed by atoms with van der Waals surface area (Å²) in [6, 6.07) is 20.8. The molecule has 0 aliphatic carbocycles. The van der Waals surface area contributed by atoms with Gasteiger partial charge in [-0.3, -0.25) is 0 Å². The lowest BCUT2D eigenvalue weighted by molar-refractivity contribution is -0.372. The second-order valence-corrected chi connectivity index (χ2v) is 5.51. The summed E-state index contributed by atoms with van der Waals surface area (Å²) < 4.78 is 12.0. The Hall–Kier alpha value is -2.06. The third-order valence-electron chi connectivity index (χ3n) is 4.34. The highest BCUT2D eigenvalue weighted by Crippen LogP contribution is 2.60. The molecular weight excluding hydrogens is 248 g/mol. The van der Waals surface area contributed by atoms with Crippen LogP contribution in [0.2, 0.25) is 0 Å². The largest absolute Gasteiger partial charge is 0.470 e. The van der Waals surface area contributed by atoms with Gasteiger partial charge in [0.2, 0.25) is 5.79 Å². The topological polar surface area (TPSA) is 18.5 Å². The van der Waals surface area contributed by atoms with E-state index in [4.69, 9.17) is 9.47 Å². The van der Waals surface area contributed by atoms with Crippen molar-refractivity contribution >= 4 is 0 Å². The van der Waals surface area contributed by atoms with E-state index in [1.54, 1.807) is 6.26 Å². The normalized spacial score (nSPS) is 29.4. The molecule has 0 bridgehead atoms. The first kappa shape index (κ1) is 11.7. The first-order valence-corrected chi connectivity index (χ1v) is 6.91. The standard InChI is InChI=1S/C18H16O2/c1-17-16(12-13-19-17)18(20-17,14-8-4-2-5-9-14)15-10-6-3-7-11-15/h2-13,16H,1H3. The summed E-state index contributed by atoms with van der Waals surface area (Å²) in [5.41, 5.74) is 1.90. The van der Waals surface area contributed by atoms with Crippen LogP contribution in [-0.4, -0.2) is 5.79 Å². The molecule has 0 aromatic heterocycles. The number of ether oxygens (including phenoxy) is 2. The lowest BCUT2D eigenvalue weighted by Gasteiger charge is -2.57. The Bertz CT molecular complexity index is 608. The maximum Gasteiger partial charge on any atom is 0.217 e. The molecule has 2 heteroatoms. The molecule has 4 rings (SSSR count). The van der Waals surface area contributed by atoms with E-state index in [1.165, 1.54) is 11.1 Å². The van der Waals surface area contributed by atoms with E-state index in [9.17, 15) is 0 Å². The average Bonchev–Trinajstić information content (AvgIpc) is 2.80. The van der Waals surface area contributed by atoms with E-state index < -0.39 is 11.4 Å². The van der Waals surface area contributed by atoms with Gasteiger partial charge in [-0.1, -0.05) is 60.7 Å². The second-order valence-electron chi connectivity index (χ2n) is 5.51. The predicted molar refractivity (Wildman–Crippen MR) is 76.9 cm³/mol. The first-order chi connectivity index (χ1) is 9.76. The van der Waals surface area contributed by atoms with E-state index in [2.05, 4.69) is 54.6 Å². The number of rotatable bonds is 2. The van der Waals surface area contributed by atoms with Crippen LogP contribution in [0.25, 0.3) is 0 Å². The summed E-state index contributed by atoms with van der Waals surface area (Å²) >= 11 is 0. The molecule has 2 unspecified atom stereocenters. The molecule has 100 valence electrons. The molecule has 2 aliphatic rings. The smallest absolute Gasteiger partial charge is 0.217 e. The second kappa shape index (κ2) is 3.97. The van der Waals surface area contributed by atoms with Crippen molar-refractivity contribution in [1.82, 2.24) is 0 Å². The molecule has 2 aliphatic heterocycles. The molecule has 0 saturated carbocycles. The Morgan fingerprint density at radius 2 is 1.40 bits per heavy atom. The van der Waals surface area contributed by atoms with Crippen LogP contribution in [0, 0.1) is 5.92 Å². The fraction of sp³-hybridized carbons (Fsp3) is 0.222. The Kier molecular flexibility index (Phi) is 2.33. The Morgan fingerprint density at radius 3 is 1.90 bits per heavy atom. The van der Waals surface area contributed by atoms with Gasteiger partial charge in [0.25, 0.3) is 0 Å². The van der Waals surface area contributed by atoms with Gasteiger partial charge in [0, 0.05) is 6.92 Å². The zero-order valence-corrected chi connectivity index (χ0v) is 11.3. The van der Waals surface area contributed by atoms with Gasteiger partial charge in [-0.05, 0) is 17.2 Å². The summed E-state index contributed by atoms with van der Waals surface area (Å²) in [5, 5.41) is 0. The van der Waals surface area contributed by atoms with Gasteiger partial charge in [0.1, 0.15) is 5.60 Å². The van der Waals surface area contributed by atoms with Crippen molar-refractivity contribution in [3.63, 3.8) is 0 Å². The Balaban J connectivity index is 1.90. The van der Waals surface area contributed by atoms with Crippen LogP contribution in [-0.2, 0) is 15.1 Å². The third-order valence-corrected chi connectivity index (χ3v) is 4.34. The highest BCUT2D eigenvalue weighted by molar-refractivity contribution is 5.43. The Morgan fingerprint density at radius 1 is 0.850 bits per heavy atom. The third kappa shape index (κ3) is 1.37. The Labute approximate surface area is 118 Å². The van der Waals surface area contributed by atoms with Crippen LogP contribution in [0.4, 0.5) is 0 Å². The fourth-order valence-corrected chi connectivity index (χ4v) is 3.43. The molecule has 1 saturated heterocycles. The van der Waals surface area contributed by atoms with Crippen LogP contribution < -0.4 is 0 Å². The van der Waals surface area contributed by atoms with E-state index in [-0.39, 0.29) is 5.92 Å². The van der Waals surface area contributed by atoms with Gasteiger partial charge < -0.3 is 9.47 Å². The van der Waals surface area contributed by atoms with Gasteiger partial charge in [-0.25, -0.2) is 0 Å². The molecule has 20 heavy (non-hydrogen) atoms. The van der Waals surface area contributed by atoms with E-state index in [1.807, 2.05) is 19.1 Å².